The summed E-state index contributed by atoms with van der Waals surface area (Å²) in [7, 11) is 1.24. The van der Waals surface area contributed by atoms with E-state index in [-0.39, 0.29) is 37.6 Å². The van der Waals surface area contributed by atoms with Gasteiger partial charge in [0.2, 0.25) is 0 Å². The summed E-state index contributed by atoms with van der Waals surface area (Å²) in [6.07, 6.45) is 0. The highest BCUT2D eigenvalue weighted by Gasteiger charge is 2.19. The van der Waals surface area contributed by atoms with Crippen molar-refractivity contribution in [2.75, 3.05) is 38.3 Å². The van der Waals surface area contributed by atoms with Gasteiger partial charge >= 0.3 is 11.9 Å². The van der Waals surface area contributed by atoms with Crippen molar-refractivity contribution in [2.24, 2.45) is 0 Å². The summed E-state index contributed by atoms with van der Waals surface area (Å²) < 4.78 is 10.1. The van der Waals surface area contributed by atoms with Gasteiger partial charge in [-0.2, -0.15) is 0 Å². The largest absolute Gasteiger partial charge is 0.465 e. The lowest BCUT2D eigenvalue weighted by molar-refractivity contribution is 0.0593. The summed E-state index contributed by atoms with van der Waals surface area (Å²) in [6, 6.07) is 13.0. The highest BCUT2D eigenvalue weighted by atomic mass is 16.5. The Morgan fingerprint density at radius 1 is 0.962 bits per heavy atom. The second kappa shape index (κ2) is 9.55. The number of aliphatic hydroxyl groups is 2. The van der Waals surface area contributed by atoms with Crippen LogP contribution in [0.4, 0.5) is 5.69 Å². The molecule has 0 fully saturated rings. The molecule has 0 aliphatic carbocycles. The number of ether oxygens (including phenoxy) is 2. The molecule has 0 amide bonds. The van der Waals surface area contributed by atoms with Gasteiger partial charge in [0, 0.05) is 24.8 Å². The Bertz CT molecular complexity index is 741. The molecule has 0 atom stereocenters. The predicted molar refractivity (Wildman–Crippen MR) is 95.6 cm³/mol. The second-order valence-electron chi connectivity index (χ2n) is 5.36. The minimum Gasteiger partial charge on any atom is -0.465 e. The lowest BCUT2D eigenvalue weighted by atomic mass is 10.1. The molecule has 0 saturated heterocycles. The van der Waals surface area contributed by atoms with Crippen LogP contribution in [0.25, 0.3) is 0 Å². The number of anilines is 1. The molecule has 0 unspecified atom stereocenters. The molecular weight excluding hydrogens is 338 g/mol. The van der Waals surface area contributed by atoms with E-state index >= 15 is 0 Å². The first-order valence-corrected chi connectivity index (χ1v) is 8.07. The van der Waals surface area contributed by atoms with Gasteiger partial charge in [0.1, 0.15) is 11.3 Å². The third kappa shape index (κ3) is 4.81. The fourth-order valence-electron chi connectivity index (χ4n) is 2.42. The van der Waals surface area contributed by atoms with E-state index in [0.29, 0.717) is 11.3 Å². The Morgan fingerprint density at radius 3 is 2.19 bits per heavy atom. The van der Waals surface area contributed by atoms with Crippen molar-refractivity contribution < 1.29 is 29.3 Å². The molecule has 7 nitrogen and oxygen atoms in total. The van der Waals surface area contributed by atoms with Crippen molar-refractivity contribution in [3.8, 4) is 5.75 Å². The molecule has 0 bridgehead atoms. The number of rotatable bonds is 8. The van der Waals surface area contributed by atoms with Crippen LogP contribution in [0.15, 0.2) is 48.5 Å². The van der Waals surface area contributed by atoms with E-state index in [0.717, 1.165) is 0 Å². The van der Waals surface area contributed by atoms with Gasteiger partial charge in [0.25, 0.3) is 0 Å². The maximum atomic E-state index is 12.3. The Kier molecular flexibility index (Phi) is 7.13. The summed E-state index contributed by atoms with van der Waals surface area (Å²) in [5.41, 5.74) is 1.04. The highest BCUT2D eigenvalue weighted by molar-refractivity contribution is 5.96. The molecule has 0 heterocycles. The number of benzene rings is 2. The summed E-state index contributed by atoms with van der Waals surface area (Å²) in [5, 5.41) is 18.4. The van der Waals surface area contributed by atoms with Crippen LogP contribution in [-0.2, 0) is 4.74 Å². The SMILES string of the molecule is COC(=O)c1ccc(N(CCO)CCO)cc1OC(=O)c1ccccc1. The quantitative estimate of drug-likeness (QED) is 0.544. The van der Waals surface area contributed by atoms with Crippen LogP contribution in [0.3, 0.4) is 0 Å². The predicted octanol–water partition coefficient (Wildman–Crippen LogP) is 1.48. The number of carbonyl (C=O) groups is 2. The Hall–Kier alpha value is -2.90. The summed E-state index contributed by atoms with van der Waals surface area (Å²) in [5.74, 6) is -1.20. The molecule has 26 heavy (non-hydrogen) atoms. The number of nitrogens with zero attached hydrogens (tertiary/aromatic N) is 1. The molecule has 138 valence electrons. The van der Waals surface area contributed by atoms with Crippen molar-refractivity contribution in [3.63, 3.8) is 0 Å². The van der Waals surface area contributed by atoms with Crippen LogP contribution in [0.1, 0.15) is 20.7 Å². The average Bonchev–Trinajstić information content (AvgIpc) is 2.68. The molecule has 2 aromatic rings. The number of carbonyl (C=O) groups excluding carboxylic acids is 2. The zero-order valence-corrected chi connectivity index (χ0v) is 14.4. The molecule has 0 radical (unpaired) electrons. The first-order chi connectivity index (χ1) is 12.6. The van der Waals surface area contributed by atoms with Crippen molar-refractivity contribution >= 4 is 17.6 Å². The minimum absolute atomic E-state index is 0.0454. The van der Waals surface area contributed by atoms with Gasteiger partial charge in [-0.1, -0.05) is 18.2 Å². The zero-order chi connectivity index (χ0) is 18.9. The molecule has 2 aromatic carbocycles. The average molecular weight is 359 g/mol. The first-order valence-electron chi connectivity index (χ1n) is 8.07. The number of methoxy groups -OCH3 is 1. The normalized spacial score (nSPS) is 10.3. The second-order valence-corrected chi connectivity index (χ2v) is 5.36. The van der Waals surface area contributed by atoms with Crippen molar-refractivity contribution in [2.45, 2.75) is 0 Å². The molecule has 2 N–H and O–H groups in total. The van der Waals surface area contributed by atoms with Gasteiger partial charge in [-0.15, -0.1) is 0 Å². The third-order valence-corrected chi connectivity index (χ3v) is 3.69. The Balaban J connectivity index is 2.37. The van der Waals surface area contributed by atoms with Gasteiger partial charge in [-0.3, -0.25) is 0 Å². The fraction of sp³-hybridized carbons (Fsp3) is 0.263. The lowest BCUT2D eigenvalue weighted by Crippen LogP contribution is -2.29. The van der Waals surface area contributed by atoms with Crippen LogP contribution in [-0.4, -0.2) is 55.6 Å². The van der Waals surface area contributed by atoms with Crippen LogP contribution >= 0.6 is 0 Å². The molecule has 0 spiro atoms. The molecule has 0 aromatic heterocycles. The van der Waals surface area contributed by atoms with Crippen LogP contribution in [0, 0.1) is 0 Å². The fourth-order valence-corrected chi connectivity index (χ4v) is 2.42. The molecule has 0 aliphatic rings. The topological polar surface area (TPSA) is 96.3 Å². The first kappa shape index (κ1) is 19.4. The van der Waals surface area contributed by atoms with E-state index in [1.54, 1.807) is 41.3 Å². The molecule has 0 saturated carbocycles. The summed E-state index contributed by atoms with van der Waals surface area (Å²) in [4.78, 5) is 26.0. The van der Waals surface area contributed by atoms with Gasteiger partial charge in [0.15, 0.2) is 0 Å². The van der Waals surface area contributed by atoms with Crippen LogP contribution < -0.4 is 9.64 Å². The molecule has 7 heteroatoms. The highest BCUT2D eigenvalue weighted by Crippen LogP contribution is 2.27. The van der Waals surface area contributed by atoms with E-state index in [1.807, 2.05) is 0 Å². The van der Waals surface area contributed by atoms with E-state index < -0.39 is 11.9 Å². The smallest absolute Gasteiger partial charge is 0.343 e. The minimum atomic E-state index is -0.636. The molecule has 2 rings (SSSR count). The van der Waals surface area contributed by atoms with Gasteiger partial charge in [0.05, 0.1) is 25.9 Å². The molecule has 0 aliphatic heterocycles. The molecular formula is C19H21NO6. The van der Waals surface area contributed by atoms with E-state index in [2.05, 4.69) is 0 Å². The zero-order valence-electron chi connectivity index (χ0n) is 14.4. The Labute approximate surface area is 151 Å². The number of aliphatic hydroxyl groups excluding tert-OH is 2. The van der Waals surface area contributed by atoms with Crippen molar-refractivity contribution in [1.29, 1.82) is 0 Å². The van der Waals surface area contributed by atoms with Crippen molar-refractivity contribution in [3.05, 3.63) is 59.7 Å². The lowest BCUT2D eigenvalue weighted by Gasteiger charge is -2.24. The van der Waals surface area contributed by atoms with E-state index in [1.165, 1.54) is 19.2 Å². The van der Waals surface area contributed by atoms with E-state index in [9.17, 15) is 19.8 Å². The van der Waals surface area contributed by atoms with Crippen molar-refractivity contribution in [1.82, 2.24) is 0 Å². The number of hydrogen-bond acceptors (Lipinski definition) is 7. The maximum Gasteiger partial charge on any atom is 0.343 e. The van der Waals surface area contributed by atoms with E-state index in [4.69, 9.17) is 9.47 Å². The van der Waals surface area contributed by atoms with Gasteiger partial charge in [-0.25, -0.2) is 9.59 Å². The standard InChI is InChI=1S/C19H21NO6/c1-25-19(24)16-8-7-15(20(9-11-21)10-12-22)13-17(16)26-18(23)14-5-3-2-4-6-14/h2-8,13,21-22H,9-12H2,1H3. The number of hydrogen-bond donors (Lipinski definition) is 2. The summed E-state index contributed by atoms with van der Waals surface area (Å²) in [6.45, 7) is 0.337. The van der Waals surface area contributed by atoms with Gasteiger partial charge < -0.3 is 24.6 Å². The van der Waals surface area contributed by atoms with Gasteiger partial charge in [-0.05, 0) is 24.3 Å². The van der Waals surface area contributed by atoms with Crippen LogP contribution in [0.2, 0.25) is 0 Å². The van der Waals surface area contributed by atoms with Crippen LogP contribution in [0.5, 0.6) is 5.75 Å². The Morgan fingerprint density at radius 2 is 1.62 bits per heavy atom. The third-order valence-electron chi connectivity index (χ3n) is 3.69. The number of esters is 2. The monoisotopic (exact) mass is 359 g/mol. The maximum absolute atomic E-state index is 12.3. The summed E-state index contributed by atoms with van der Waals surface area (Å²) >= 11 is 0.